The van der Waals surface area contributed by atoms with E-state index in [4.69, 9.17) is 0 Å². The molecule has 0 N–H and O–H groups in total. The molecular weight excluding hydrogens is 200 g/mol. The number of hydrogen-bond acceptors (Lipinski definition) is 3. The molecule has 0 spiro atoms. The van der Waals surface area contributed by atoms with E-state index in [1.165, 1.54) is 12.8 Å². The molecule has 0 aliphatic rings. The fourth-order valence-electron chi connectivity index (χ4n) is 0.685. The normalized spacial score (nSPS) is 9.31. The van der Waals surface area contributed by atoms with E-state index in [0.29, 0.717) is 6.42 Å². The number of unbranched alkanes of at least 4 members (excludes halogenated alkanes) is 1. The zero-order valence-corrected chi connectivity index (χ0v) is 10.8. The van der Waals surface area contributed by atoms with E-state index in [2.05, 4.69) is 19.4 Å². The molecule has 0 heterocycles. The van der Waals surface area contributed by atoms with Crippen LogP contribution in [-0.4, -0.2) is 23.4 Å². The highest BCUT2D eigenvalue weighted by atomic mass is 32.2. The number of aldehydes is 1. The van der Waals surface area contributed by atoms with Crippen LogP contribution in [0.4, 0.5) is 0 Å². The van der Waals surface area contributed by atoms with Gasteiger partial charge in [-0.2, -0.15) is 23.5 Å². The molecule has 0 aromatic rings. The van der Waals surface area contributed by atoms with E-state index in [0.717, 1.165) is 17.3 Å². The topological polar surface area (TPSA) is 17.1 Å². The zero-order valence-electron chi connectivity index (χ0n) is 9.21. The molecule has 0 aromatic heterocycles. The Hall–Kier alpha value is 0.370. The van der Waals surface area contributed by atoms with Crippen molar-refractivity contribution in [1.82, 2.24) is 0 Å². The van der Waals surface area contributed by atoms with Gasteiger partial charge in [-0.05, 0) is 25.4 Å². The second-order valence-electron chi connectivity index (χ2n) is 2.64. The lowest BCUT2D eigenvalue weighted by Gasteiger charge is -2.07. The number of thioether (sulfide) groups is 2. The van der Waals surface area contributed by atoms with E-state index < -0.39 is 0 Å². The van der Waals surface area contributed by atoms with Crippen LogP contribution >= 0.6 is 23.5 Å². The molecule has 0 fully saturated rings. The monoisotopic (exact) mass is 222 g/mol. The molecule has 0 bridgehead atoms. The molecule has 0 amide bonds. The maximum absolute atomic E-state index is 9.40. The Kier molecular flexibility index (Phi) is 18.1. The first kappa shape index (κ1) is 15.8. The molecule has 0 unspecified atom stereocenters. The molecule has 0 saturated heterocycles. The van der Waals surface area contributed by atoms with Gasteiger partial charge in [0.1, 0.15) is 6.29 Å². The lowest BCUT2D eigenvalue weighted by Crippen LogP contribution is -1.92. The number of carbonyl (C=O) groups is 1. The van der Waals surface area contributed by atoms with Crippen LogP contribution in [0.2, 0.25) is 0 Å². The summed E-state index contributed by atoms with van der Waals surface area (Å²) >= 11 is 3.91. The summed E-state index contributed by atoms with van der Waals surface area (Å²) in [5.74, 6) is 0. The minimum atomic E-state index is 0.708. The number of rotatable bonds is 6. The van der Waals surface area contributed by atoms with Gasteiger partial charge in [0.25, 0.3) is 0 Å². The zero-order chi connectivity index (χ0) is 10.5. The van der Waals surface area contributed by atoms with Crippen molar-refractivity contribution < 1.29 is 4.79 Å². The van der Waals surface area contributed by atoms with Gasteiger partial charge >= 0.3 is 0 Å². The van der Waals surface area contributed by atoms with Crippen LogP contribution in [0.25, 0.3) is 0 Å². The molecule has 0 radical (unpaired) electrons. The molecule has 0 atom stereocenters. The third-order valence-electron chi connectivity index (χ3n) is 1.46. The summed E-state index contributed by atoms with van der Waals surface area (Å²) < 4.78 is 0.833. The van der Waals surface area contributed by atoms with Gasteiger partial charge in [-0.15, -0.1) is 0 Å². The summed E-state index contributed by atoms with van der Waals surface area (Å²) in [7, 11) is 0. The highest BCUT2D eigenvalue weighted by Crippen LogP contribution is 2.22. The molecular formula is C10H22OS2. The lowest BCUT2D eigenvalue weighted by atomic mass is 10.4. The van der Waals surface area contributed by atoms with Crippen molar-refractivity contribution in [3.05, 3.63) is 0 Å². The van der Waals surface area contributed by atoms with Gasteiger partial charge in [-0.1, -0.05) is 20.3 Å². The fraction of sp³-hybridized carbons (Fsp3) is 0.900. The number of hydrogen-bond donors (Lipinski definition) is 0. The van der Waals surface area contributed by atoms with Crippen LogP contribution in [0.1, 0.15) is 39.5 Å². The lowest BCUT2D eigenvalue weighted by molar-refractivity contribution is -0.107. The number of carbonyl (C=O) groups excluding carboxylic acids is 1. The van der Waals surface area contributed by atoms with Gasteiger partial charge in [0.05, 0.1) is 0 Å². The Morgan fingerprint density at radius 3 is 1.77 bits per heavy atom. The summed E-state index contributed by atoms with van der Waals surface area (Å²) in [5.41, 5.74) is 0. The van der Waals surface area contributed by atoms with Gasteiger partial charge in [0, 0.05) is 11.0 Å². The van der Waals surface area contributed by atoms with Gasteiger partial charge in [-0.3, -0.25) is 0 Å². The Labute approximate surface area is 91.4 Å². The maximum atomic E-state index is 9.40. The molecule has 1 nitrogen and oxygen atoms in total. The average molecular weight is 222 g/mol. The first-order valence-corrected chi connectivity index (χ1v) is 7.33. The highest BCUT2D eigenvalue weighted by molar-refractivity contribution is 8.16. The minimum absolute atomic E-state index is 0.708. The molecule has 0 aromatic carbocycles. The van der Waals surface area contributed by atoms with Crippen LogP contribution in [0.15, 0.2) is 0 Å². The van der Waals surface area contributed by atoms with Crippen LogP contribution in [0.5, 0.6) is 0 Å². The van der Waals surface area contributed by atoms with E-state index in [9.17, 15) is 4.79 Å². The van der Waals surface area contributed by atoms with Crippen molar-refractivity contribution in [2.24, 2.45) is 0 Å². The summed E-state index contributed by atoms with van der Waals surface area (Å²) in [6, 6.07) is 0. The van der Waals surface area contributed by atoms with Crippen LogP contribution in [0.3, 0.4) is 0 Å². The molecule has 80 valence electrons. The SMILES string of the molecule is CCCC(SC)SC.CCCC=O. The Morgan fingerprint density at radius 1 is 1.15 bits per heavy atom. The first-order chi connectivity index (χ1) is 6.26. The van der Waals surface area contributed by atoms with Crippen molar-refractivity contribution in [2.75, 3.05) is 12.5 Å². The third kappa shape index (κ3) is 15.2. The Balaban J connectivity index is 0. The summed E-state index contributed by atoms with van der Waals surface area (Å²) in [4.78, 5) is 9.40. The highest BCUT2D eigenvalue weighted by Gasteiger charge is 1.99. The summed E-state index contributed by atoms with van der Waals surface area (Å²) in [5, 5.41) is 0. The van der Waals surface area contributed by atoms with Crippen molar-refractivity contribution in [1.29, 1.82) is 0 Å². The molecule has 0 saturated carbocycles. The van der Waals surface area contributed by atoms with Crippen LogP contribution in [-0.2, 0) is 4.79 Å². The van der Waals surface area contributed by atoms with Gasteiger partial charge in [0.2, 0.25) is 0 Å². The first-order valence-electron chi connectivity index (χ1n) is 4.75. The van der Waals surface area contributed by atoms with E-state index in [1.54, 1.807) is 0 Å². The molecule has 0 aliphatic carbocycles. The van der Waals surface area contributed by atoms with Crippen molar-refractivity contribution in [3.63, 3.8) is 0 Å². The van der Waals surface area contributed by atoms with E-state index in [-0.39, 0.29) is 0 Å². The Morgan fingerprint density at radius 2 is 1.69 bits per heavy atom. The predicted molar refractivity (Wildman–Crippen MR) is 66.7 cm³/mol. The second-order valence-corrected chi connectivity index (χ2v) is 5.02. The van der Waals surface area contributed by atoms with Crippen LogP contribution in [0, 0.1) is 0 Å². The molecule has 0 aliphatic heterocycles. The van der Waals surface area contributed by atoms with Crippen molar-refractivity contribution >= 4 is 29.8 Å². The van der Waals surface area contributed by atoms with Crippen molar-refractivity contribution in [2.45, 2.75) is 44.1 Å². The minimum Gasteiger partial charge on any atom is -0.303 e. The largest absolute Gasteiger partial charge is 0.303 e. The second kappa shape index (κ2) is 14.9. The quantitative estimate of drug-likeness (QED) is 0.502. The molecule has 13 heavy (non-hydrogen) atoms. The summed E-state index contributed by atoms with van der Waals surface area (Å²) in [6.07, 6.45) is 9.63. The van der Waals surface area contributed by atoms with E-state index in [1.807, 2.05) is 30.4 Å². The third-order valence-corrected chi connectivity index (χ3v) is 4.13. The fourth-order valence-corrected chi connectivity index (χ4v) is 2.40. The smallest absolute Gasteiger partial charge is 0.119 e. The van der Waals surface area contributed by atoms with E-state index >= 15 is 0 Å². The van der Waals surface area contributed by atoms with Crippen LogP contribution < -0.4 is 0 Å². The molecule has 0 rings (SSSR count). The molecule has 3 heteroatoms. The standard InChI is InChI=1S/C6H14S2.C4H8O/c1-4-5-6(7-2)8-3;1-2-3-4-5/h6H,4-5H2,1-3H3;4H,2-3H2,1H3. The average Bonchev–Trinajstić information content (AvgIpc) is 2.16. The van der Waals surface area contributed by atoms with Gasteiger partial charge in [0.15, 0.2) is 0 Å². The maximum Gasteiger partial charge on any atom is 0.119 e. The van der Waals surface area contributed by atoms with Gasteiger partial charge < -0.3 is 4.79 Å². The predicted octanol–water partition coefficient (Wildman–Crippen LogP) is 3.82. The van der Waals surface area contributed by atoms with Gasteiger partial charge in [-0.25, -0.2) is 0 Å². The summed E-state index contributed by atoms with van der Waals surface area (Å²) in [6.45, 7) is 4.22. The Bertz CT molecular complexity index is 92.9. The van der Waals surface area contributed by atoms with Crippen molar-refractivity contribution in [3.8, 4) is 0 Å².